The molecule has 0 bridgehead atoms. The van der Waals surface area contributed by atoms with Gasteiger partial charge in [-0.2, -0.15) is 0 Å². The second kappa shape index (κ2) is 9.26. The van der Waals surface area contributed by atoms with Gasteiger partial charge in [-0.3, -0.25) is 4.79 Å². The molecular formula is C23H32N2O3. The Balaban J connectivity index is 1.45. The van der Waals surface area contributed by atoms with Crippen LogP contribution < -0.4 is 10.1 Å². The van der Waals surface area contributed by atoms with Crippen molar-refractivity contribution in [3.8, 4) is 5.75 Å². The van der Waals surface area contributed by atoms with Crippen molar-refractivity contribution in [2.24, 2.45) is 11.3 Å². The smallest absolute Gasteiger partial charge is 0.220 e. The van der Waals surface area contributed by atoms with E-state index in [9.17, 15) is 4.79 Å². The van der Waals surface area contributed by atoms with E-state index in [-0.39, 0.29) is 17.4 Å². The third kappa shape index (κ3) is 5.15. The number of ether oxygens (including phenoxy) is 1. The number of hydrogen-bond acceptors (Lipinski definition) is 4. The van der Waals surface area contributed by atoms with Gasteiger partial charge in [0.15, 0.2) is 5.76 Å². The number of benzene rings is 1. The maximum absolute atomic E-state index is 12.1. The molecule has 28 heavy (non-hydrogen) atoms. The van der Waals surface area contributed by atoms with Gasteiger partial charge in [0.1, 0.15) is 12.4 Å². The van der Waals surface area contributed by atoms with Crippen LogP contribution in [0.2, 0.25) is 0 Å². The van der Waals surface area contributed by atoms with Crippen molar-refractivity contribution < 1.29 is 14.1 Å². The summed E-state index contributed by atoms with van der Waals surface area (Å²) in [4.78, 5) is 12.1. The molecule has 1 N–H and O–H groups in total. The zero-order valence-electron chi connectivity index (χ0n) is 17.2. The number of amides is 1. The second-order valence-electron chi connectivity index (χ2n) is 8.42. The maximum atomic E-state index is 12.1. The van der Waals surface area contributed by atoms with Gasteiger partial charge in [-0.25, -0.2) is 0 Å². The summed E-state index contributed by atoms with van der Waals surface area (Å²) < 4.78 is 11.1. The molecule has 2 atom stereocenters. The fourth-order valence-electron chi connectivity index (χ4n) is 3.85. The van der Waals surface area contributed by atoms with Gasteiger partial charge in [-0.1, -0.05) is 57.0 Å². The molecule has 0 spiro atoms. The minimum Gasteiger partial charge on any atom is -0.486 e. The first-order chi connectivity index (χ1) is 13.5. The van der Waals surface area contributed by atoms with Crippen LogP contribution in [-0.4, -0.2) is 17.1 Å². The second-order valence-corrected chi connectivity index (χ2v) is 8.42. The third-order valence-corrected chi connectivity index (χ3v) is 6.00. The monoisotopic (exact) mass is 384 g/mol. The highest BCUT2D eigenvalue weighted by molar-refractivity contribution is 5.76. The van der Waals surface area contributed by atoms with Crippen LogP contribution in [0, 0.1) is 11.3 Å². The third-order valence-electron chi connectivity index (χ3n) is 6.00. The van der Waals surface area contributed by atoms with E-state index in [0.29, 0.717) is 18.9 Å². The molecule has 1 aromatic heterocycles. The maximum Gasteiger partial charge on any atom is 0.220 e. The minimum atomic E-state index is 0.0695. The molecule has 0 aliphatic heterocycles. The highest BCUT2D eigenvalue weighted by atomic mass is 16.5. The molecule has 5 heteroatoms. The number of carbonyl (C=O) groups is 1. The Labute approximate surface area is 167 Å². The normalized spacial score (nSPS) is 20.4. The number of hydrogen-bond donors (Lipinski definition) is 1. The molecule has 2 unspecified atom stereocenters. The Morgan fingerprint density at radius 2 is 2.07 bits per heavy atom. The molecule has 0 saturated heterocycles. The van der Waals surface area contributed by atoms with Gasteiger partial charge in [-0.05, 0) is 42.7 Å². The topological polar surface area (TPSA) is 64.4 Å². The molecular weight excluding hydrogens is 352 g/mol. The van der Waals surface area contributed by atoms with E-state index in [1.54, 1.807) is 0 Å². The Kier molecular flexibility index (Phi) is 6.76. The van der Waals surface area contributed by atoms with Crippen LogP contribution in [-0.2, 0) is 17.8 Å². The molecule has 3 rings (SSSR count). The highest BCUT2D eigenvalue weighted by Gasteiger charge is 2.48. The summed E-state index contributed by atoms with van der Waals surface area (Å²) >= 11 is 0. The van der Waals surface area contributed by atoms with Gasteiger partial charge >= 0.3 is 0 Å². The molecule has 1 amide bonds. The molecule has 2 aromatic rings. The van der Waals surface area contributed by atoms with Crippen molar-refractivity contribution in [3.63, 3.8) is 0 Å². The number of unbranched alkanes of at least 4 members (excludes halogenated alkanes) is 2. The Bertz CT molecular complexity index is 754. The molecule has 5 nitrogen and oxygen atoms in total. The Hall–Kier alpha value is -2.30. The summed E-state index contributed by atoms with van der Waals surface area (Å²) in [5, 5.41) is 7.43. The zero-order chi connectivity index (χ0) is 20.0. The quantitative estimate of drug-likeness (QED) is 0.591. The zero-order valence-corrected chi connectivity index (χ0v) is 17.2. The number of rotatable bonds is 10. The number of nitrogens with one attached hydrogen (secondary N) is 1. The van der Waals surface area contributed by atoms with E-state index in [2.05, 4.69) is 31.2 Å². The SMILES string of the molecule is CCCCCC(=O)NC1CC(Cc2cc(COc3ccccc3)on2)C1(C)C. The van der Waals surface area contributed by atoms with Gasteiger partial charge in [0, 0.05) is 18.5 Å². The van der Waals surface area contributed by atoms with Crippen LogP contribution in [0.4, 0.5) is 0 Å². The van der Waals surface area contributed by atoms with Gasteiger partial charge < -0.3 is 14.6 Å². The average molecular weight is 385 g/mol. The molecule has 1 aliphatic carbocycles. The lowest BCUT2D eigenvalue weighted by Gasteiger charge is -2.52. The van der Waals surface area contributed by atoms with Crippen LogP contribution in [0.15, 0.2) is 40.9 Å². The van der Waals surface area contributed by atoms with Crippen LogP contribution in [0.5, 0.6) is 5.75 Å². The molecule has 152 valence electrons. The van der Waals surface area contributed by atoms with E-state index in [1.165, 1.54) is 0 Å². The van der Waals surface area contributed by atoms with Crippen molar-refractivity contribution >= 4 is 5.91 Å². The molecule has 1 heterocycles. The highest BCUT2D eigenvalue weighted by Crippen LogP contribution is 2.47. The standard InChI is InChI=1S/C23H32N2O3/c1-4-5-7-12-22(26)24-21-14-17(23(21,2)3)13-18-15-20(28-25-18)16-27-19-10-8-6-9-11-19/h6,8-11,15,17,21H,4-5,7,12-14,16H2,1-3H3,(H,24,26). The molecule has 1 fully saturated rings. The van der Waals surface area contributed by atoms with E-state index in [4.69, 9.17) is 9.26 Å². The first kappa shape index (κ1) is 20.4. The van der Waals surface area contributed by atoms with Crippen molar-refractivity contribution in [3.05, 3.63) is 47.9 Å². The predicted octanol–water partition coefficient (Wildman–Crippen LogP) is 4.91. The summed E-state index contributed by atoms with van der Waals surface area (Å²) in [7, 11) is 0. The number of para-hydroxylation sites is 1. The first-order valence-corrected chi connectivity index (χ1v) is 10.4. The molecule has 1 saturated carbocycles. The van der Waals surface area contributed by atoms with Crippen LogP contribution in [0.3, 0.4) is 0 Å². The minimum absolute atomic E-state index is 0.0695. The van der Waals surface area contributed by atoms with Gasteiger partial charge in [0.25, 0.3) is 0 Å². The largest absolute Gasteiger partial charge is 0.486 e. The van der Waals surface area contributed by atoms with Crippen molar-refractivity contribution in [2.75, 3.05) is 0 Å². The van der Waals surface area contributed by atoms with Gasteiger partial charge in [-0.15, -0.1) is 0 Å². The number of aromatic nitrogens is 1. The lowest BCUT2D eigenvalue weighted by molar-refractivity contribution is -0.125. The van der Waals surface area contributed by atoms with Crippen molar-refractivity contribution in [1.29, 1.82) is 0 Å². The summed E-state index contributed by atoms with van der Waals surface area (Å²) in [5.74, 6) is 2.23. The Morgan fingerprint density at radius 3 is 2.79 bits per heavy atom. The predicted molar refractivity (Wildman–Crippen MR) is 109 cm³/mol. The fourth-order valence-corrected chi connectivity index (χ4v) is 3.85. The summed E-state index contributed by atoms with van der Waals surface area (Å²) in [6.45, 7) is 7.00. The Morgan fingerprint density at radius 1 is 1.29 bits per heavy atom. The number of nitrogens with zero attached hydrogens (tertiary/aromatic N) is 1. The molecule has 0 radical (unpaired) electrons. The van der Waals surface area contributed by atoms with E-state index >= 15 is 0 Å². The van der Waals surface area contributed by atoms with Crippen molar-refractivity contribution in [1.82, 2.24) is 10.5 Å². The van der Waals surface area contributed by atoms with Crippen LogP contribution in [0.1, 0.15) is 64.3 Å². The van der Waals surface area contributed by atoms with Crippen molar-refractivity contribution in [2.45, 2.75) is 71.9 Å². The van der Waals surface area contributed by atoms with Gasteiger partial charge in [0.2, 0.25) is 5.91 Å². The summed E-state index contributed by atoms with van der Waals surface area (Å²) in [6.07, 6.45) is 5.73. The van der Waals surface area contributed by atoms with Crippen LogP contribution in [0.25, 0.3) is 0 Å². The lowest BCUT2D eigenvalue weighted by Crippen LogP contribution is -2.58. The summed E-state index contributed by atoms with van der Waals surface area (Å²) in [5.41, 5.74) is 1.03. The fraction of sp³-hybridized carbons (Fsp3) is 0.565. The molecule has 1 aliphatic rings. The molecule has 1 aromatic carbocycles. The van der Waals surface area contributed by atoms with E-state index < -0.39 is 0 Å². The van der Waals surface area contributed by atoms with E-state index in [1.807, 2.05) is 36.4 Å². The first-order valence-electron chi connectivity index (χ1n) is 10.4. The van der Waals surface area contributed by atoms with Crippen LogP contribution >= 0.6 is 0 Å². The van der Waals surface area contributed by atoms with E-state index in [0.717, 1.165) is 49.3 Å². The average Bonchev–Trinajstić information content (AvgIpc) is 3.14. The lowest BCUT2D eigenvalue weighted by atomic mass is 9.57. The summed E-state index contributed by atoms with van der Waals surface area (Å²) in [6, 6.07) is 11.9. The number of carbonyl (C=O) groups excluding carboxylic acids is 1. The van der Waals surface area contributed by atoms with Gasteiger partial charge in [0.05, 0.1) is 5.69 Å².